The van der Waals surface area contributed by atoms with Crippen LogP contribution in [0, 0.1) is 0 Å². The first-order valence-electron chi connectivity index (χ1n) is 16.3. The number of amides is 2. The monoisotopic (exact) mass is 628 g/mol. The summed E-state index contributed by atoms with van der Waals surface area (Å²) in [5.41, 5.74) is 3.31. The number of imidazole rings is 1. The van der Waals surface area contributed by atoms with Crippen LogP contribution in [-0.2, 0) is 17.7 Å². The lowest BCUT2D eigenvalue weighted by molar-refractivity contribution is 0.0144. The standard InChI is InChI=1S/C34H44N8O4/c1-23-7-5-16-42(23)22-30-36-27-14-13-26(21-28(27)37-30)35-31(43)24-9-11-25(12-10-24)32-38-29(39-46-32)8-6-15-40-17-19-41(20-18-40)33(44)45-34(2,3)4/h9-14,21,23H,5-8,15-20,22H2,1-4H3,(H,35,43)(H,36,37)/t23-/m0/s1. The number of anilines is 1. The van der Waals surface area contributed by atoms with Crippen LogP contribution in [0.3, 0.4) is 0 Å². The molecule has 244 valence electrons. The lowest BCUT2D eigenvalue weighted by atomic mass is 10.1. The van der Waals surface area contributed by atoms with E-state index in [0.717, 1.165) is 61.6 Å². The average Bonchev–Trinajstić information content (AvgIpc) is 3.77. The molecule has 2 amide bonds. The summed E-state index contributed by atoms with van der Waals surface area (Å²) in [7, 11) is 0. The fraction of sp³-hybridized carbons (Fsp3) is 0.500. The molecule has 0 spiro atoms. The van der Waals surface area contributed by atoms with Crippen molar-refractivity contribution in [1.29, 1.82) is 0 Å². The third kappa shape index (κ3) is 7.91. The Balaban J connectivity index is 0.964. The summed E-state index contributed by atoms with van der Waals surface area (Å²) in [5, 5.41) is 7.14. The van der Waals surface area contributed by atoms with Gasteiger partial charge >= 0.3 is 6.09 Å². The van der Waals surface area contributed by atoms with Crippen molar-refractivity contribution < 1.29 is 18.8 Å². The van der Waals surface area contributed by atoms with E-state index < -0.39 is 5.60 Å². The van der Waals surface area contributed by atoms with Crippen LogP contribution in [-0.4, -0.2) is 97.7 Å². The van der Waals surface area contributed by atoms with Crippen molar-refractivity contribution in [2.75, 3.05) is 44.6 Å². The average molecular weight is 629 g/mol. The summed E-state index contributed by atoms with van der Waals surface area (Å²) in [6.07, 6.45) is 3.79. The van der Waals surface area contributed by atoms with E-state index in [2.05, 4.69) is 37.2 Å². The molecule has 4 heterocycles. The summed E-state index contributed by atoms with van der Waals surface area (Å²) in [6, 6.07) is 13.5. The predicted octanol–water partition coefficient (Wildman–Crippen LogP) is 5.33. The number of piperazine rings is 1. The molecule has 0 radical (unpaired) electrons. The first-order chi connectivity index (χ1) is 22.1. The number of aryl methyl sites for hydroxylation is 1. The second-order valence-electron chi connectivity index (χ2n) is 13.3. The minimum Gasteiger partial charge on any atom is -0.444 e. The van der Waals surface area contributed by atoms with Gasteiger partial charge in [0.15, 0.2) is 5.82 Å². The van der Waals surface area contributed by atoms with Crippen LogP contribution in [0.5, 0.6) is 0 Å². The molecule has 2 saturated heterocycles. The number of likely N-dealkylation sites (tertiary alicyclic amines) is 1. The molecule has 2 aliphatic rings. The number of carbonyl (C=O) groups is 2. The zero-order chi connectivity index (χ0) is 32.3. The smallest absolute Gasteiger partial charge is 0.410 e. The highest BCUT2D eigenvalue weighted by atomic mass is 16.6. The van der Waals surface area contributed by atoms with Crippen LogP contribution < -0.4 is 5.32 Å². The molecule has 4 aromatic rings. The zero-order valence-corrected chi connectivity index (χ0v) is 27.2. The number of nitrogens with zero attached hydrogens (tertiary/aromatic N) is 6. The van der Waals surface area contributed by atoms with Crippen LogP contribution in [0.2, 0.25) is 0 Å². The first kappa shape index (κ1) is 31.7. The molecule has 2 aliphatic heterocycles. The Labute approximate surface area is 269 Å². The molecule has 2 aromatic heterocycles. The Morgan fingerprint density at radius 1 is 1.04 bits per heavy atom. The summed E-state index contributed by atoms with van der Waals surface area (Å²) in [4.78, 5) is 44.6. The number of ether oxygens (including phenoxy) is 1. The Hall–Kier alpha value is -4.29. The van der Waals surface area contributed by atoms with E-state index in [0.29, 0.717) is 48.5 Å². The number of rotatable bonds is 9. The maximum atomic E-state index is 13.0. The van der Waals surface area contributed by atoms with Crippen molar-refractivity contribution in [2.45, 2.75) is 71.6 Å². The summed E-state index contributed by atoms with van der Waals surface area (Å²) in [5.74, 6) is 1.82. The second-order valence-corrected chi connectivity index (χ2v) is 13.3. The molecule has 0 aliphatic carbocycles. The summed E-state index contributed by atoms with van der Waals surface area (Å²) >= 11 is 0. The van der Waals surface area contributed by atoms with E-state index >= 15 is 0 Å². The van der Waals surface area contributed by atoms with E-state index in [9.17, 15) is 9.59 Å². The normalized spacial score (nSPS) is 17.9. The molecule has 0 bridgehead atoms. The molecule has 12 heteroatoms. The van der Waals surface area contributed by atoms with Crippen LogP contribution >= 0.6 is 0 Å². The Morgan fingerprint density at radius 3 is 2.54 bits per heavy atom. The largest absolute Gasteiger partial charge is 0.444 e. The molecule has 6 rings (SSSR count). The van der Waals surface area contributed by atoms with Crippen LogP contribution in [0.4, 0.5) is 10.5 Å². The highest BCUT2D eigenvalue weighted by molar-refractivity contribution is 6.05. The maximum absolute atomic E-state index is 13.0. The zero-order valence-electron chi connectivity index (χ0n) is 27.2. The van der Waals surface area contributed by atoms with Gasteiger partial charge in [-0.05, 0) is 103 Å². The molecule has 0 unspecified atom stereocenters. The number of hydrogen-bond donors (Lipinski definition) is 2. The van der Waals surface area contributed by atoms with Gasteiger partial charge in [-0.3, -0.25) is 14.6 Å². The number of benzene rings is 2. The van der Waals surface area contributed by atoms with Crippen molar-refractivity contribution in [3.8, 4) is 11.5 Å². The van der Waals surface area contributed by atoms with Gasteiger partial charge in [0, 0.05) is 55.5 Å². The summed E-state index contributed by atoms with van der Waals surface area (Å²) < 4.78 is 11.0. The van der Waals surface area contributed by atoms with Crippen molar-refractivity contribution >= 4 is 28.7 Å². The van der Waals surface area contributed by atoms with Gasteiger partial charge in [-0.2, -0.15) is 4.98 Å². The Kier molecular flexibility index (Phi) is 9.37. The number of carbonyl (C=O) groups excluding carboxylic acids is 2. The van der Waals surface area contributed by atoms with E-state index in [1.807, 2.05) is 51.1 Å². The minimum absolute atomic E-state index is 0.199. The fourth-order valence-corrected chi connectivity index (χ4v) is 6.02. The SMILES string of the molecule is C[C@H]1CCCN1Cc1nc2ccc(NC(=O)c3ccc(-c4nc(CCCN5CCN(C(=O)OC(C)(C)C)CC5)no4)cc3)cc2[nH]1. The third-order valence-corrected chi connectivity index (χ3v) is 8.59. The molecule has 2 fully saturated rings. The number of nitrogens with one attached hydrogen (secondary N) is 2. The lowest BCUT2D eigenvalue weighted by Crippen LogP contribution is -2.50. The van der Waals surface area contributed by atoms with Crippen molar-refractivity contribution in [1.82, 2.24) is 34.8 Å². The van der Waals surface area contributed by atoms with E-state index in [4.69, 9.17) is 14.2 Å². The van der Waals surface area contributed by atoms with Crippen LogP contribution in [0.1, 0.15) is 69.0 Å². The van der Waals surface area contributed by atoms with Gasteiger partial charge in [-0.15, -0.1) is 0 Å². The number of hydrogen-bond acceptors (Lipinski definition) is 9. The number of aromatic amines is 1. The van der Waals surface area contributed by atoms with Crippen molar-refractivity contribution in [2.24, 2.45) is 0 Å². The third-order valence-electron chi connectivity index (χ3n) is 8.59. The first-order valence-corrected chi connectivity index (χ1v) is 16.3. The maximum Gasteiger partial charge on any atom is 0.410 e. The van der Waals surface area contributed by atoms with Crippen molar-refractivity contribution in [3.05, 3.63) is 59.7 Å². The van der Waals surface area contributed by atoms with Gasteiger partial charge in [0.05, 0.1) is 17.6 Å². The molecule has 12 nitrogen and oxygen atoms in total. The lowest BCUT2D eigenvalue weighted by Gasteiger charge is -2.35. The van der Waals surface area contributed by atoms with Gasteiger partial charge < -0.3 is 24.5 Å². The van der Waals surface area contributed by atoms with Gasteiger partial charge in [0.2, 0.25) is 0 Å². The van der Waals surface area contributed by atoms with Crippen molar-refractivity contribution in [3.63, 3.8) is 0 Å². The fourth-order valence-electron chi connectivity index (χ4n) is 6.02. The van der Waals surface area contributed by atoms with Gasteiger partial charge in [0.1, 0.15) is 11.4 Å². The van der Waals surface area contributed by atoms with E-state index in [1.54, 1.807) is 17.0 Å². The molecule has 2 N–H and O–H groups in total. The molecule has 0 saturated carbocycles. The van der Waals surface area contributed by atoms with Gasteiger partial charge in [-0.1, -0.05) is 5.16 Å². The molecule has 2 aromatic carbocycles. The van der Waals surface area contributed by atoms with Gasteiger partial charge in [0.25, 0.3) is 11.8 Å². The number of fused-ring (bicyclic) bond motifs is 1. The molecule has 1 atom stereocenters. The molecular weight excluding hydrogens is 584 g/mol. The highest BCUT2D eigenvalue weighted by Crippen LogP contribution is 2.23. The molecular formula is C34H44N8O4. The van der Waals surface area contributed by atoms with E-state index in [-0.39, 0.29) is 12.0 Å². The minimum atomic E-state index is -0.484. The topological polar surface area (TPSA) is 133 Å². The number of H-pyrrole nitrogens is 1. The Bertz CT molecular complexity index is 1650. The highest BCUT2D eigenvalue weighted by Gasteiger charge is 2.26. The number of aromatic nitrogens is 4. The van der Waals surface area contributed by atoms with Crippen LogP contribution in [0.15, 0.2) is 47.0 Å². The van der Waals surface area contributed by atoms with Crippen LogP contribution in [0.25, 0.3) is 22.5 Å². The predicted molar refractivity (Wildman–Crippen MR) is 175 cm³/mol. The van der Waals surface area contributed by atoms with Gasteiger partial charge in [-0.25, -0.2) is 9.78 Å². The molecule has 46 heavy (non-hydrogen) atoms. The Morgan fingerprint density at radius 2 is 1.83 bits per heavy atom. The quantitative estimate of drug-likeness (QED) is 0.252. The summed E-state index contributed by atoms with van der Waals surface area (Å²) in [6.45, 7) is 13.7. The van der Waals surface area contributed by atoms with E-state index in [1.165, 1.54) is 12.8 Å². The second kappa shape index (κ2) is 13.6.